The zero-order valence-electron chi connectivity index (χ0n) is 16.7. The standard InChI is InChI=1S/C23H19N3O4S/c1-2-13-25-20-12-11-17(26(28)29)15-21(20)31-23(25)24-22(27)16-7-6-10-19(14-16)30-18-8-4-3-5-9-18/h3-12,14-15H,2,13H2,1H3. The minimum absolute atomic E-state index is 0.0148. The number of ether oxygens (including phenoxy) is 1. The number of hydrogen-bond acceptors (Lipinski definition) is 5. The molecule has 7 nitrogen and oxygen atoms in total. The number of aryl methyl sites for hydroxylation is 1. The number of carbonyl (C=O) groups excluding carboxylic acids is 1. The van der Waals surface area contributed by atoms with Gasteiger partial charge in [0.25, 0.3) is 11.6 Å². The topological polar surface area (TPSA) is 86.7 Å². The first-order valence-corrected chi connectivity index (χ1v) is 10.6. The highest BCUT2D eigenvalue weighted by atomic mass is 32.1. The first-order chi connectivity index (χ1) is 15.0. The Hall–Kier alpha value is -3.78. The molecular weight excluding hydrogens is 414 g/mol. The third-order valence-electron chi connectivity index (χ3n) is 4.58. The number of thiazole rings is 1. The summed E-state index contributed by atoms with van der Waals surface area (Å²) in [6.45, 7) is 2.68. The summed E-state index contributed by atoms with van der Waals surface area (Å²) in [4.78, 5) is 28.4. The number of benzene rings is 3. The fourth-order valence-electron chi connectivity index (χ4n) is 3.17. The van der Waals surface area contributed by atoms with Gasteiger partial charge < -0.3 is 9.30 Å². The molecule has 3 aromatic carbocycles. The zero-order chi connectivity index (χ0) is 21.8. The number of para-hydroxylation sites is 1. The van der Waals surface area contributed by atoms with Crippen molar-refractivity contribution in [3.05, 3.63) is 93.3 Å². The summed E-state index contributed by atoms with van der Waals surface area (Å²) in [6, 6.07) is 20.9. The van der Waals surface area contributed by atoms with Crippen molar-refractivity contribution in [1.29, 1.82) is 0 Å². The minimum atomic E-state index is -0.427. The summed E-state index contributed by atoms with van der Waals surface area (Å²) in [7, 11) is 0. The predicted molar refractivity (Wildman–Crippen MR) is 120 cm³/mol. The van der Waals surface area contributed by atoms with Crippen LogP contribution in [0, 0.1) is 10.1 Å². The molecule has 0 fully saturated rings. The van der Waals surface area contributed by atoms with Crippen molar-refractivity contribution in [2.24, 2.45) is 4.99 Å². The van der Waals surface area contributed by atoms with E-state index in [1.165, 1.54) is 23.5 Å². The summed E-state index contributed by atoms with van der Waals surface area (Å²) in [5.74, 6) is 0.820. The molecule has 0 bridgehead atoms. The van der Waals surface area contributed by atoms with Gasteiger partial charge in [0, 0.05) is 24.2 Å². The SMILES string of the molecule is CCCn1c(=NC(=O)c2cccc(Oc3ccccc3)c2)sc2cc([N+](=O)[O-])ccc21. The fraction of sp³-hybridized carbons (Fsp3) is 0.130. The third kappa shape index (κ3) is 4.54. The number of nitrogens with zero attached hydrogens (tertiary/aromatic N) is 3. The second-order valence-corrected chi connectivity index (χ2v) is 7.81. The predicted octanol–water partition coefficient (Wildman–Crippen LogP) is 5.55. The Bertz CT molecular complexity index is 1330. The Kier molecular flexibility index (Phi) is 5.90. The van der Waals surface area contributed by atoms with E-state index in [0.717, 1.165) is 16.6 Å². The van der Waals surface area contributed by atoms with Crippen LogP contribution in [-0.4, -0.2) is 15.4 Å². The number of rotatable bonds is 6. The van der Waals surface area contributed by atoms with Crippen molar-refractivity contribution >= 4 is 33.1 Å². The molecule has 0 unspecified atom stereocenters. The molecule has 0 spiro atoms. The fourth-order valence-corrected chi connectivity index (χ4v) is 4.26. The second-order valence-electron chi connectivity index (χ2n) is 6.81. The molecular formula is C23H19N3O4S. The van der Waals surface area contributed by atoms with Crippen LogP contribution in [0.1, 0.15) is 23.7 Å². The number of non-ortho nitro benzene ring substituents is 1. The summed E-state index contributed by atoms with van der Waals surface area (Å²) >= 11 is 1.27. The average molecular weight is 433 g/mol. The van der Waals surface area contributed by atoms with Gasteiger partial charge in [-0.1, -0.05) is 42.5 Å². The molecule has 0 aliphatic carbocycles. The maximum atomic E-state index is 12.9. The van der Waals surface area contributed by atoms with Gasteiger partial charge in [0.2, 0.25) is 0 Å². The van der Waals surface area contributed by atoms with Gasteiger partial charge >= 0.3 is 0 Å². The molecule has 156 valence electrons. The number of nitro groups is 1. The van der Waals surface area contributed by atoms with Crippen molar-refractivity contribution in [2.45, 2.75) is 19.9 Å². The van der Waals surface area contributed by atoms with Gasteiger partial charge in [0.15, 0.2) is 4.80 Å². The van der Waals surface area contributed by atoms with Crippen molar-refractivity contribution in [1.82, 2.24) is 4.57 Å². The van der Waals surface area contributed by atoms with E-state index in [-0.39, 0.29) is 5.69 Å². The largest absolute Gasteiger partial charge is 0.457 e. The molecule has 0 atom stereocenters. The van der Waals surface area contributed by atoms with Crippen LogP contribution in [0.15, 0.2) is 77.8 Å². The highest BCUT2D eigenvalue weighted by Crippen LogP contribution is 2.24. The maximum absolute atomic E-state index is 12.9. The van der Waals surface area contributed by atoms with E-state index >= 15 is 0 Å². The Morgan fingerprint density at radius 2 is 1.84 bits per heavy atom. The van der Waals surface area contributed by atoms with Gasteiger partial charge in [-0.3, -0.25) is 14.9 Å². The van der Waals surface area contributed by atoms with Crippen LogP contribution < -0.4 is 9.54 Å². The van der Waals surface area contributed by atoms with Crippen molar-refractivity contribution < 1.29 is 14.5 Å². The molecule has 1 aromatic heterocycles. The lowest BCUT2D eigenvalue weighted by molar-refractivity contribution is -0.384. The first kappa shape index (κ1) is 20.5. The Balaban J connectivity index is 1.71. The molecule has 4 aromatic rings. The number of fused-ring (bicyclic) bond motifs is 1. The lowest BCUT2D eigenvalue weighted by atomic mass is 10.2. The Labute approximate surface area is 182 Å². The van der Waals surface area contributed by atoms with Crippen LogP contribution in [0.25, 0.3) is 10.2 Å². The van der Waals surface area contributed by atoms with Gasteiger partial charge in [0.1, 0.15) is 11.5 Å². The van der Waals surface area contributed by atoms with Gasteiger partial charge in [-0.05, 0) is 42.8 Å². The van der Waals surface area contributed by atoms with Gasteiger partial charge in [0.05, 0.1) is 15.1 Å². The van der Waals surface area contributed by atoms with E-state index in [1.54, 1.807) is 30.3 Å². The quantitative estimate of drug-likeness (QED) is 0.294. The van der Waals surface area contributed by atoms with E-state index < -0.39 is 10.8 Å². The minimum Gasteiger partial charge on any atom is -0.457 e. The van der Waals surface area contributed by atoms with Crippen molar-refractivity contribution in [3.63, 3.8) is 0 Å². The van der Waals surface area contributed by atoms with Crippen LogP contribution >= 0.6 is 11.3 Å². The van der Waals surface area contributed by atoms with Gasteiger partial charge in [-0.15, -0.1) is 0 Å². The molecule has 8 heteroatoms. The van der Waals surface area contributed by atoms with Gasteiger partial charge in [-0.25, -0.2) is 0 Å². The van der Waals surface area contributed by atoms with Crippen molar-refractivity contribution in [2.75, 3.05) is 0 Å². The van der Waals surface area contributed by atoms with Crippen LogP contribution in [0.2, 0.25) is 0 Å². The van der Waals surface area contributed by atoms with E-state index in [1.807, 2.05) is 41.8 Å². The molecule has 0 saturated carbocycles. The smallest absolute Gasteiger partial charge is 0.279 e. The lowest BCUT2D eigenvalue weighted by Crippen LogP contribution is -2.16. The van der Waals surface area contributed by atoms with Gasteiger partial charge in [-0.2, -0.15) is 4.99 Å². The van der Waals surface area contributed by atoms with Crippen LogP contribution in [0.3, 0.4) is 0 Å². The highest BCUT2D eigenvalue weighted by Gasteiger charge is 2.13. The molecule has 31 heavy (non-hydrogen) atoms. The summed E-state index contributed by atoms with van der Waals surface area (Å²) in [5, 5.41) is 11.1. The number of carbonyl (C=O) groups is 1. The van der Waals surface area contributed by atoms with E-state index in [9.17, 15) is 14.9 Å². The lowest BCUT2D eigenvalue weighted by Gasteiger charge is -2.06. The summed E-state index contributed by atoms with van der Waals surface area (Å²) < 4.78 is 8.45. The molecule has 0 saturated heterocycles. The number of aromatic nitrogens is 1. The zero-order valence-corrected chi connectivity index (χ0v) is 17.5. The molecule has 0 N–H and O–H groups in total. The van der Waals surface area contributed by atoms with Crippen LogP contribution in [0.4, 0.5) is 5.69 Å². The molecule has 4 rings (SSSR count). The van der Waals surface area contributed by atoms with E-state index in [2.05, 4.69) is 4.99 Å². The second kappa shape index (κ2) is 8.93. The molecule has 0 aliphatic heterocycles. The van der Waals surface area contributed by atoms with Crippen LogP contribution in [-0.2, 0) is 6.54 Å². The Morgan fingerprint density at radius 3 is 2.58 bits per heavy atom. The molecule has 0 aliphatic rings. The normalized spacial score (nSPS) is 11.6. The van der Waals surface area contributed by atoms with Crippen molar-refractivity contribution in [3.8, 4) is 11.5 Å². The molecule has 1 heterocycles. The summed E-state index contributed by atoms with van der Waals surface area (Å²) in [5.41, 5.74) is 1.24. The maximum Gasteiger partial charge on any atom is 0.279 e. The summed E-state index contributed by atoms with van der Waals surface area (Å²) in [6.07, 6.45) is 0.838. The molecule has 0 radical (unpaired) electrons. The number of hydrogen-bond donors (Lipinski definition) is 0. The first-order valence-electron chi connectivity index (χ1n) is 9.75. The highest BCUT2D eigenvalue weighted by molar-refractivity contribution is 7.16. The third-order valence-corrected chi connectivity index (χ3v) is 5.62. The number of amides is 1. The van der Waals surface area contributed by atoms with E-state index in [0.29, 0.717) is 28.4 Å². The Morgan fingerprint density at radius 1 is 1.06 bits per heavy atom. The average Bonchev–Trinajstić information content (AvgIpc) is 3.11. The number of nitro benzene ring substituents is 1. The van der Waals surface area contributed by atoms with E-state index in [4.69, 9.17) is 4.74 Å². The molecule has 1 amide bonds. The van der Waals surface area contributed by atoms with Crippen LogP contribution in [0.5, 0.6) is 11.5 Å². The monoisotopic (exact) mass is 433 g/mol.